The van der Waals surface area contributed by atoms with E-state index in [9.17, 15) is 4.79 Å². The van der Waals surface area contributed by atoms with Crippen LogP contribution in [0.5, 0.6) is 0 Å². The molecule has 29 heavy (non-hydrogen) atoms. The Morgan fingerprint density at radius 1 is 0.759 bits per heavy atom. The Balaban J connectivity index is 1.80. The monoisotopic (exact) mass is 383 g/mol. The van der Waals surface area contributed by atoms with Gasteiger partial charge < -0.3 is 9.36 Å². The van der Waals surface area contributed by atoms with Crippen LogP contribution < -0.4 is 9.13 Å². The Kier molecular flexibility index (Phi) is 5.61. The molecule has 0 bridgehead atoms. The highest BCUT2D eigenvalue weighted by Crippen LogP contribution is 2.31. The summed E-state index contributed by atoms with van der Waals surface area (Å²) < 4.78 is 6.50. The van der Waals surface area contributed by atoms with E-state index >= 15 is 0 Å². The minimum atomic E-state index is 0.528. The summed E-state index contributed by atoms with van der Waals surface area (Å²) in [5, 5.41) is 0. The third-order valence-corrected chi connectivity index (χ3v) is 5.14. The quantitative estimate of drug-likeness (QED) is 0.350. The molecule has 0 aliphatic carbocycles. The Bertz CT molecular complexity index is 1080. The fourth-order valence-corrected chi connectivity index (χ4v) is 3.56. The number of benzene rings is 1. The highest BCUT2D eigenvalue weighted by atomic mass is 16.1. The predicted molar refractivity (Wildman–Crippen MR) is 113 cm³/mol. The topological polar surface area (TPSA) is 29.8 Å². The number of rotatable bonds is 7. The van der Waals surface area contributed by atoms with Gasteiger partial charge in [-0.25, -0.2) is 9.13 Å². The van der Waals surface area contributed by atoms with Gasteiger partial charge in [-0.15, -0.1) is 0 Å². The minimum absolute atomic E-state index is 0.528. The summed E-state index contributed by atoms with van der Waals surface area (Å²) in [6, 6.07) is 23.4. The van der Waals surface area contributed by atoms with Crippen LogP contribution >= 0.6 is 0 Å². The smallest absolute Gasteiger partial charge is 0.169 e. The molecule has 0 amide bonds. The minimum Gasteiger partial charge on any atom is -0.309 e. The molecule has 0 aliphatic heterocycles. The van der Waals surface area contributed by atoms with Gasteiger partial charge in [0.05, 0.1) is 17.8 Å². The van der Waals surface area contributed by atoms with Crippen molar-refractivity contribution in [3.8, 4) is 28.2 Å². The van der Waals surface area contributed by atoms with Gasteiger partial charge in [0.2, 0.25) is 0 Å². The summed E-state index contributed by atoms with van der Waals surface area (Å²) in [5.74, 6) is 0. The lowest BCUT2D eigenvalue weighted by Crippen LogP contribution is -2.32. The first-order valence-electron chi connectivity index (χ1n) is 10.00. The van der Waals surface area contributed by atoms with E-state index in [1.54, 1.807) is 0 Å². The van der Waals surface area contributed by atoms with Gasteiger partial charge in [0.1, 0.15) is 12.8 Å². The summed E-state index contributed by atoms with van der Waals surface area (Å²) in [6.07, 6.45) is 9.79. The molecule has 4 aromatic rings. The molecule has 0 N–H and O–H groups in total. The van der Waals surface area contributed by atoms with E-state index in [0.29, 0.717) is 13.0 Å². The van der Waals surface area contributed by atoms with Crippen LogP contribution in [0.4, 0.5) is 0 Å². The van der Waals surface area contributed by atoms with Gasteiger partial charge >= 0.3 is 0 Å². The second kappa shape index (κ2) is 8.65. The summed E-state index contributed by atoms with van der Waals surface area (Å²) >= 11 is 0. The molecule has 0 aliphatic rings. The molecule has 1 aromatic carbocycles. The van der Waals surface area contributed by atoms with Crippen molar-refractivity contribution in [3.05, 3.63) is 91.5 Å². The molecular weight excluding hydrogens is 358 g/mol. The molecule has 0 radical (unpaired) electrons. The van der Waals surface area contributed by atoms with Crippen LogP contribution in [0, 0.1) is 0 Å². The molecule has 4 heteroatoms. The van der Waals surface area contributed by atoms with Crippen molar-refractivity contribution in [2.24, 2.45) is 0 Å². The molecule has 0 unspecified atom stereocenters. The molecule has 0 spiro atoms. The maximum absolute atomic E-state index is 10.6. The molecule has 4 rings (SSSR count). The van der Waals surface area contributed by atoms with Crippen LogP contribution in [0.3, 0.4) is 0 Å². The molecule has 3 aromatic heterocycles. The van der Waals surface area contributed by atoms with Crippen molar-refractivity contribution < 1.29 is 13.9 Å². The first-order valence-corrected chi connectivity index (χ1v) is 10.00. The maximum Gasteiger partial charge on any atom is 0.169 e. The molecule has 4 nitrogen and oxygen atoms in total. The highest BCUT2D eigenvalue weighted by molar-refractivity contribution is 5.72. The van der Waals surface area contributed by atoms with Gasteiger partial charge in [-0.1, -0.05) is 18.2 Å². The standard InChI is InChI=1S/C25H25N3O/c1-2-26-16-11-21(12-17-26)24-9-10-25(28(24)23-7-4-3-5-8-23)22-13-18-27(19-14-22)15-6-20-29/h3-5,7-14,16-20H,2,6,15H2,1H3/q+2. The van der Waals surface area contributed by atoms with Gasteiger partial charge in [0, 0.05) is 41.1 Å². The Labute approximate surface area is 171 Å². The molecule has 0 fully saturated rings. The first kappa shape index (κ1) is 18.8. The fraction of sp³-hybridized carbons (Fsp3) is 0.160. The van der Waals surface area contributed by atoms with E-state index in [-0.39, 0.29) is 0 Å². The second-order valence-corrected chi connectivity index (χ2v) is 6.97. The summed E-state index contributed by atoms with van der Waals surface area (Å²) in [7, 11) is 0. The lowest BCUT2D eigenvalue weighted by Gasteiger charge is -2.14. The molecule has 0 saturated carbocycles. The highest BCUT2D eigenvalue weighted by Gasteiger charge is 2.15. The number of carbonyl (C=O) groups is 1. The lowest BCUT2D eigenvalue weighted by atomic mass is 10.2. The zero-order valence-electron chi connectivity index (χ0n) is 16.6. The summed E-state index contributed by atoms with van der Waals surface area (Å²) in [5.41, 5.74) is 5.75. The summed E-state index contributed by atoms with van der Waals surface area (Å²) in [6.45, 7) is 3.80. The Hall–Kier alpha value is -3.53. The number of nitrogens with zero attached hydrogens (tertiary/aromatic N) is 3. The number of aryl methyl sites for hydroxylation is 2. The average molecular weight is 383 g/mol. The number of hydrogen-bond acceptors (Lipinski definition) is 1. The van der Waals surface area contributed by atoms with Crippen molar-refractivity contribution in [2.45, 2.75) is 26.4 Å². The van der Waals surface area contributed by atoms with E-state index < -0.39 is 0 Å². The zero-order chi connectivity index (χ0) is 20.1. The van der Waals surface area contributed by atoms with Crippen molar-refractivity contribution in [2.75, 3.05) is 0 Å². The zero-order valence-corrected chi connectivity index (χ0v) is 16.6. The molecule has 144 valence electrons. The van der Waals surface area contributed by atoms with Gasteiger partial charge in [0.15, 0.2) is 31.3 Å². The van der Waals surface area contributed by atoms with E-state index in [1.807, 2.05) is 23.0 Å². The normalized spacial score (nSPS) is 10.8. The van der Waals surface area contributed by atoms with Crippen LogP contribution in [0.1, 0.15) is 13.3 Å². The van der Waals surface area contributed by atoms with Crippen molar-refractivity contribution >= 4 is 6.29 Å². The van der Waals surface area contributed by atoms with Crippen LogP contribution in [0.2, 0.25) is 0 Å². The van der Waals surface area contributed by atoms with E-state index in [0.717, 1.165) is 35.5 Å². The number of hydrogen-bond donors (Lipinski definition) is 0. The Morgan fingerprint density at radius 2 is 1.31 bits per heavy atom. The van der Waals surface area contributed by atoms with Crippen LogP contribution in [-0.2, 0) is 17.9 Å². The Morgan fingerprint density at radius 3 is 1.83 bits per heavy atom. The van der Waals surface area contributed by atoms with Gasteiger partial charge in [0.25, 0.3) is 0 Å². The number of carbonyl (C=O) groups excluding carboxylic acids is 1. The van der Waals surface area contributed by atoms with E-state index in [1.165, 1.54) is 5.56 Å². The molecule has 3 heterocycles. The fourth-order valence-electron chi connectivity index (χ4n) is 3.56. The molecular formula is C25H25N3O+2. The number of aldehydes is 1. The third-order valence-electron chi connectivity index (χ3n) is 5.14. The number of aromatic nitrogens is 3. The van der Waals surface area contributed by atoms with Gasteiger partial charge in [-0.2, -0.15) is 0 Å². The summed E-state index contributed by atoms with van der Waals surface area (Å²) in [4.78, 5) is 10.6. The van der Waals surface area contributed by atoms with Crippen LogP contribution in [-0.4, -0.2) is 10.9 Å². The van der Waals surface area contributed by atoms with Crippen LogP contribution in [0.15, 0.2) is 91.5 Å². The van der Waals surface area contributed by atoms with E-state index in [2.05, 4.69) is 89.1 Å². The van der Waals surface area contributed by atoms with Crippen molar-refractivity contribution in [1.82, 2.24) is 4.57 Å². The second-order valence-electron chi connectivity index (χ2n) is 6.97. The predicted octanol–water partition coefficient (Wildman–Crippen LogP) is 4.00. The van der Waals surface area contributed by atoms with Crippen molar-refractivity contribution in [1.29, 1.82) is 0 Å². The number of pyridine rings is 2. The van der Waals surface area contributed by atoms with E-state index in [4.69, 9.17) is 0 Å². The third kappa shape index (κ3) is 4.02. The lowest BCUT2D eigenvalue weighted by molar-refractivity contribution is -0.695. The van der Waals surface area contributed by atoms with Gasteiger partial charge in [-0.05, 0) is 31.2 Å². The largest absolute Gasteiger partial charge is 0.309 e. The van der Waals surface area contributed by atoms with Gasteiger partial charge in [-0.3, -0.25) is 0 Å². The maximum atomic E-state index is 10.6. The molecule has 0 saturated heterocycles. The average Bonchev–Trinajstić information content (AvgIpc) is 3.24. The SMILES string of the molecule is CC[n+]1ccc(-c2ccc(-c3cc[n+](CCC=O)cc3)n2-c2ccccc2)cc1. The first-order chi connectivity index (χ1) is 14.3. The molecule has 0 atom stereocenters. The number of para-hydroxylation sites is 1. The van der Waals surface area contributed by atoms with Crippen molar-refractivity contribution in [3.63, 3.8) is 0 Å². The van der Waals surface area contributed by atoms with Crippen LogP contribution in [0.25, 0.3) is 28.2 Å².